The van der Waals surface area contributed by atoms with Crippen LogP contribution in [0.3, 0.4) is 0 Å². The van der Waals surface area contributed by atoms with Crippen LogP contribution in [0, 0.1) is 17.0 Å². The molecule has 17 heavy (non-hydrogen) atoms. The molecule has 1 fully saturated rings. The largest absolute Gasteiger partial charge is 0.361 e. The van der Waals surface area contributed by atoms with Crippen LogP contribution in [0.4, 0.5) is 17.5 Å². The first-order chi connectivity index (χ1) is 8.11. The van der Waals surface area contributed by atoms with Gasteiger partial charge < -0.3 is 10.6 Å². The molecule has 1 aliphatic rings. The monoisotopic (exact) mass is 237 g/mol. The van der Waals surface area contributed by atoms with Crippen LogP contribution >= 0.6 is 0 Å². The lowest BCUT2D eigenvalue weighted by atomic mass is 9.93. The van der Waals surface area contributed by atoms with E-state index in [4.69, 9.17) is 0 Å². The van der Waals surface area contributed by atoms with Gasteiger partial charge in [0.2, 0.25) is 11.8 Å². The quantitative estimate of drug-likeness (QED) is 0.611. The van der Waals surface area contributed by atoms with E-state index in [1.54, 1.807) is 14.0 Å². The summed E-state index contributed by atoms with van der Waals surface area (Å²) >= 11 is 0. The average molecular weight is 237 g/mol. The van der Waals surface area contributed by atoms with Crippen molar-refractivity contribution in [2.75, 3.05) is 17.7 Å². The van der Waals surface area contributed by atoms with E-state index in [0.29, 0.717) is 23.5 Å². The zero-order valence-electron chi connectivity index (χ0n) is 9.86. The van der Waals surface area contributed by atoms with E-state index in [-0.39, 0.29) is 5.69 Å². The van der Waals surface area contributed by atoms with Crippen molar-refractivity contribution in [1.82, 2.24) is 9.97 Å². The smallest absolute Gasteiger partial charge is 0.332 e. The van der Waals surface area contributed by atoms with Crippen molar-refractivity contribution >= 4 is 17.5 Å². The number of rotatable bonds is 4. The lowest BCUT2D eigenvalue weighted by Gasteiger charge is -2.26. The number of nitro groups is 1. The molecule has 0 spiro atoms. The summed E-state index contributed by atoms with van der Waals surface area (Å²) in [4.78, 5) is 18.7. The summed E-state index contributed by atoms with van der Waals surface area (Å²) in [6, 6.07) is 0.299. The van der Waals surface area contributed by atoms with Gasteiger partial charge in [-0.05, 0) is 26.2 Å². The highest BCUT2D eigenvalue weighted by Crippen LogP contribution is 2.30. The fourth-order valence-electron chi connectivity index (χ4n) is 1.74. The zero-order chi connectivity index (χ0) is 12.4. The molecule has 1 aromatic rings. The van der Waals surface area contributed by atoms with E-state index in [1.807, 2.05) is 0 Å². The van der Waals surface area contributed by atoms with Crippen molar-refractivity contribution < 1.29 is 4.92 Å². The summed E-state index contributed by atoms with van der Waals surface area (Å²) in [5, 5.41) is 16.9. The molecule has 0 saturated heterocycles. The van der Waals surface area contributed by atoms with Crippen LogP contribution in [0.5, 0.6) is 0 Å². The third-order valence-corrected chi connectivity index (χ3v) is 2.91. The lowest BCUT2D eigenvalue weighted by molar-refractivity contribution is -0.385. The van der Waals surface area contributed by atoms with Crippen LogP contribution in [-0.4, -0.2) is 28.0 Å². The molecule has 0 radical (unpaired) electrons. The second-order valence-electron chi connectivity index (χ2n) is 4.11. The predicted molar refractivity (Wildman–Crippen MR) is 64.2 cm³/mol. The Balaban J connectivity index is 2.36. The van der Waals surface area contributed by atoms with Crippen LogP contribution in [0.1, 0.15) is 25.0 Å². The molecule has 1 saturated carbocycles. The fraction of sp³-hybridized carbons (Fsp3) is 0.600. The molecule has 2 N–H and O–H groups in total. The number of aryl methyl sites for hydroxylation is 1. The molecule has 2 rings (SSSR count). The molecule has 7 nitrogen and oxygen atoms in total. The number of hydrogen-bond acceptors (Lipinski definition) is 6. The van der Waals surface area contributed by atoms with Crippen molar-refractivity contribution in [2.45, 2.75) is 32.2 Å². The second-order valence-corrected chi connectivity index (χ2v) is 4.11. The molecule has 92 valence electrons. The highest BCUT2D eigenvalue weighted by atomic mass is 16.6. The van der Waals surface area contributed by atoms with Gasteiger partial charge in [0.1, 0.15) is 5.69 Å². The van der Waals surface area contributed by atoms with E-state index < -0.39 is 4.92 Å². The Hall–Kier alpha value is -1.92. The molecule has 1 aliphatic carbocycles. The topological polar surface area (TPSA) is 93.0 Å². The Bertz CT molecular complexity index is 445. The fourth-order valence-corrected chi connectivity index (χ4v) is 1.74. The van der Waals surface area contributed by atoms with E-state index in [0.717, 1.165) is 19.3 Å². The average Bonchev–Trinajstić information content (AvgIpc) is 2.22. The molecule has 0 aromatic carbocycles. The Morgan fingerprint density at radius 3 is 2.59 bits per heavy atom. The van der Waals surface area contributed by atoms with E-state index in [2.05, 4.69) is 20.6 Å². The molecule has 0 atom stereocenters. The van der Waals surface area contributed by atoms with Crippen LogP contribution in [0.25, 0.3) is 0 Å². The second kappa shape index (κ2) is 4.52. The van der Waals surface area contributed by atoms with Gasteiger partial charge in [-0.25, -0.2) is 4.98 Å². The molecule has 0 unspecified atom stereocenters. The minimum atomic E-state index is -0.435. The number of hydrogen-bond donors (Lipinski definition) is 2. The molecule has 0 bridgehead atoms. The third kappa shape index (κ3) is 2.27. The van der Waals surface area contributed by atoms with Crippen molar-refractivity contribution in [3.63, 3.8) is 0 Å². The van der Waals surface area contributed by atoms with Crippen LogP contribution in [-0.2, 0) is 0 Å². The van der Waals surface area contributed by atoms with Crippen LogP contribution in [0.2, 0.25) is 0 Å². The van der Waals surface area contributed by atoms with E-state index >= 15 is 0 Å². The van der Waals surface area contributed by atoms with E-state index in [1.165, 1.54) is 0 Å². The van der Waals surface area contributed by atoms with Gasteiger partial charge >= 0.3 is 5.69 Å². The van der Waals surface area contributed by atoms with Gasteiger partial charge in [0.15, 0.2) is 0 Å². The SMILES string of the molecule is CNc1nc(C)c([N+](=O)[O-])c(NC2CCC2)n1. The van der Waals surface area contributed by atoms with Gasteiger partial charge in [-0.2, -0.15) is 4.98 Å². The minimum absolute atomic E-state index is 0.0316. The highest BCUT2D eigenvalue weighted by Gasteiger charge is 2.26. The maximum absolute atomic E-state index is 11.0. The van der Waals surface area contributed by atoms with Gasteiger partial charge in [-0.15, -0.1) is 0 Å². The maximum atomic E-state index is 11.0. The Kier molecular flexibility index (Phi) is 3.08. The molecule has 0 amide bonds. The number of aromatic nitrogens is 2. The van der Waals surface area contributed by atoms with Gasteiger partial charge in [0.05, 0.1) is 4.92 Å². The Morgan fingerprint density at radius 2 is 2.12 bits per heavy atom. The molecule has 1 aromatic heterocycles. The Morgan fingerprint density at radius 1 is 1.41 bits per heavy atom. The summed E-state index contributed by atoms with van der Waals surface area (Å²) in [5.41, 5.74) is 0.340. The van der Waals surface area contributed by atoms with Crippen molar-refractivity contribution in [1.29, 1.82) is 0 Å². The van der Waals surface area contributed by atoms with Gasteiger partial charge in [0.25, 0.3) is 0 Å². The van der Waals surface area contributed by atoms with Gasteiger partial charge in [0, 0.05) is 13.1 Å². The van der Waals surface area contributed by atoms with Crippen molar-refractivity contribution in [3.8, 4) is 0 Å². The third-order valence-electron chi connectivity index (χ3n) is 2.91. The number of anilines is 2. The summed E-state index contributed by atoms with van der Waals surface area (Å²) < 4.78 is 0. The highest BCUT2D eigenvalue weighted by molar-refractivity contribution is 5.61. The summed E-state index contributed by atoms with van der Waals surface area (Å²) in [6.45, 7) is 1.62. The van der Waals surface area contributed by atoms with Gasteiger partial charge in [-0.1, -0.05) is 0 Å². The van der Waals surface area contributed by atoms with Crippen LogP contribution in [0.15, 0.2) is 0 Å². The summed E-state index contributed by atoms with van der Waals surface area (Å²) in [6.07, 6.45) is 3.23. The first-order valence-electron chi connectivity index (χ1n) is 5.59. The van der Waals surface area contributed by atoms with E-state index in [9.17, 15) is 10.1 Å². The van der Waals surface area contributed by atoms with Crippen molar-refractivity contribution in [2.24, 2.45) is 0 Å². The minimum Gasteiger partial charge on any atom is -0.361 e. The predicted octanol–water partition coefficient (Wildman–Crippen LogP) is 1.70. The summed E-state index contributed by atoms with van der Waals surface area (Å²) in [5.74, 6) is 0.714. The normalized spacial score (nSPS) is 15.2. The molecule has 7 heteroatoms. The number of nitrogens with one attached hydrogen (secondary N) is 2. The molecular formula is C10H15N5O2. The van der Waals surface area contributed by atoms with Crippen molar-refractivity contribution in [3.05, 3.63) is 15.8 Å². The number of nitrogens with zero attached hydrogens (tertiary/aromatic N) is 3. The maximum Gasteiger partial charge on any atom is 0.332 e. The first kappa shape index (κ1) is 11.6. The first-order valence-corrected chi connectivity index (χ1v) is 5.59. The molecule has 0 aliphatic heterocycles. The lowest BCUT2D eigenvalue weighted by Crippen LogP contribution is -2.28. The molecular weight excluding hydrogens is 222 g/mol. The standard InChI is InChI=1S/C10H15N5O2/c1-6-8(15(16)17)9(13-7-4-3-5-7)14-10(11-2)12-6/h7H,3-5H2,1-2H3,(H2,11,12,13,14). The van der Waals surface area contributed by atoms with Crippen LogP contribution < -0.4 is 10.6 Å². The summed E-state index contributed by atoms with van der Waals surface area (Å²) in [7, 11) is 1.69. The van der Waals surface area contributed by atoms with Gasteiger partial charge in [-0.3, -0.25) is 10.1 Å². The Labute approximate surface area is 98.8 Å². The molecule has 1 heterocycles. The zero-order valence-corrected chi connectivity index (χ0v) is 9.86.